The van der Waals surface area contributed by atoms with Crippen LogP contribution in [-0.2, 0) is 17.4 Å². The number of piperazine rings is 1. The average molecular weight is 497 g/mol. The minimum atomic E-state index is -4.58. The molecule has 2 aliphatic heterocycles. The smallest absolute Gasteiger partial charge is 0.434 e. The van der Waals surface area contributed by atoms with E-state index in [-0.39, 0.29) is 42.5 Å². The number of ether oxygens (including phenoxy) is 1. The maximum atomic E-state index is 13.1. The molecule has 3 fully saturated rings. The highest BCUT2D eigenvalue weighted by atomic mass is 19.4. The molecule has 3 aliphatic rings. The second kappa shape index (κ2) is 8.96. The third-order valence-electron chi connectivity index (χ3n) is 6.79. The second-order valence-corrected chi connectivity index (χ2v) is 9.65. The van der Waals surface area contributed by atoms with Gasteiger partial charge in [0, 0.05) is 40.8 Å². The molecule has 2 aromatic rings. The Labute approximate surface area is 212 Å². The topological polar surface area (TPSA) is 61.8 Å². The molecule has 10 heteroatoms. The minimum absolute atomic E-state index is 0.286. The zero-order valence-corrected chi connectivity index (χ0v) is 19.3. The Kier molecular flexibility index (Phi) is 4.28. The van der Waals surface area contributed by atoms with Crippen molar-refractivity contribution in [1.29, 1.82) is 0 Å². The van der Waals surface area contributed by atoms with Crippen LogP contribution in [0.5, 0.6) is 0 Å². The van der Waals surface area contributed by atoms with Crippen LogP contribution in [0, 0.1) is 5.41 Å². The maximum Gasteiger partial charge on any atom is 0.434 e. The van der Waals surface area contributed by atoms with Gasteiger partial charge in [-0.15, -0.1) is 0 Å². The van der Waals surface area contributed by atoms with Gasteiger partial charge in [-0.1, -0.05) is 30.2 Å². The van der Waals surface area contributed by atoms with Gasteiger partial charge < -0.3 is 9.64 Å². The number of halogens is 3. The predicted molar refractivity (Wildman–Crippen MR) is 124 cm³/mol. The summed E-state index contributed by atoms with van der Waals surface area (Å²) >= 11 is 0. The number of anilines is 1. The van der Waals surface area contributed by atoms with Gasteiger partial charge in [0.1, 0.15) is 11.9 Å². The van der Waals surface area contributed by atoms with Crippen molar-refractivity contribution in [2.24, 2.45) is 5.41 Å². The Balaban J connectivity index is 1.15. The van der Waals surface area contributed by atoms with E-state index < -0.39 is 60.2 Å². The van der Waals surface area contributed by atoms with Crippen LogP contribution in [0.15, 0.2) is 42.6 Å². The van der Waals surface area contributed by atoms with E-state index in [0.29, 0.717) is 32.1 Å². The van der Waals surface area contributed by atoms with E-state index in [2.05, 4.69) is 9.97 Å². The third kappa shape index (κ3) is 4.94. The number of carbonyl (C=O) groups is 1. The van der Waals surface area contributed by atoms with Crippen LogP contribution in [-0.4, -0.2) is 70.2 Å². The summed E-state index contributed by atoms with van der Waals surface area (Å²) < 4.78 is 101. The molecular weight excluding hydrogens is 459 g/mol. The largest absolute Gasteiger partial charge is 0.446 e. The molecule has 1 saturated carbocycles. The summed E-state index contributed by atoms with van der Waals surface area (Å²) in [6.45, 7) is 2.59. The summed E-state index contributed by atoms with van der Waals surface area (Å²) in [6.07, 6.45) is -2.67. The number of aromatic nitrogens is 2. The van der Waals surface area contributed by atoms with Gasteiger partial charge in [0.05, 0.1) is 31.3 Å². The predicted octanol–water partition coefficient (Wildman–Crippen LogP) is 4.20. The summed E-state index contributed by atoms with van der Waals surface area (Å²) in [4.78, 5) is 25.3. The first-order chi connectivity index (χ1) is 19.4. The molecule has 2 saturated heterocycles. The van der Waals surface area contributed by atoms with Crippen LogP contribution in [0.2, 0.25) is 0 Å². The van der Waals surface area contributed by atoms with Crippen molar-refractivity contribution in [1.82, 2.24) is 19.8 Å². The molecule has 2 atom stereocenters. The number of rotatable bonds is 4. The monoisotopic (exact) mass is 496 g/mol. The van der Waals surface area contributed by atoms with E-state index in [1.54, 1.807) is 9.80 Å². The molecule has 0 radical (unpaired) electrons. The summed E-state index contributed by atoms with van der Waals surface area (Å²) in [5.41, 5.74) is -1.76. The molecule has 1 aliphatic carbocycles. The number of hydrogen-bond donors (Lipinski definition) is 0. The first-order valence-electron chi connectivity index (χ1n) is 14.9. The normalized spacial score (nSPS) is 28.0. The van der Waals surface area contributed by atoms with Crippen molar-refractivity contribution in [2.45, 2.75) is 57.5 Å². The zero-order chi connectivity index (χ0) is 30.9. The van der Waals surface area contributed by atoms with E-state index in [1.165, 1.54) is 4.90 Å². The molecule has 7 nitrogen and oxygen atoms in total. The molecule has 3 heterocycles. The van der Waals surface area contributed by atoms with Crippen LogP contribution in [0.25, 0.3) is 0 Å². The number of benzene rings is 1. The highest BCUT2D eigenvalue weighted by molar-refractivity contribution is 5.69. The highest BCUT2D eigenvalue weighted by Gasteiger charge is 2.54. The minimum Gasteiger partial charge on any atom is -0.446 e. The number of hydrogen-bond acceptors (Lipinski definition) is 6. The first kappa shape index (κ1) is 16.7. The first-order valence-corrected chi connectivity index (χ1v) is 11.4. The summed E-state index contributed by atoms with van der Waals surface area (Å²) in [5, 5.41) is 0. The lowest BCUT2D eigenvalue weighted by molar-refractivity contribution is -0.141. The summed E-state index contributed by atoms with van der Waals surface area (Å²) in [5.74, 6) is 0.286. The molecule has 0 bridgehead atoms. The van der Waals surface area contributed by atoms with Gasteiger partial charge in [0.2, 0.25) is 0 Å². The van der Waals surface area contributed by atoms with Crippen molar-refractivity contribution in [3.8, 4) is 0 Å². The lowest BCUT2D eigenvalue weighted by Crippen LogP contribution is -2.65. The van der Waals surface area contributed by atoms with Gasteiger partial charge in [0.15, 0.2) is 5.69 Å². The van der Waals surface area contributed by atoms with Crippen molar-refractivity contribution < 1.29 is 32.3 Å². The lowest BCUT2D eigenvalue weighted by atomic mass is 9.61. The Morgan fingerprint density at radius 1 is 1.14 bits per heavy atom. The lowest BCUT2D eigenvalue weighted by Gasteiger charge is -2.58. The van der Waals surface area contributed by atoms with Gasteiger partial charge in [-0.25, -0.2) is 14.8 Å². The van der Waals surface area contributed by atoms with E-state index in [9.17, 15) is 18.0 Å². The number of nitrogens with zero attached hydrogens (tertiary/aromatic N) is 5. The van der Waals surface area contributed by atoms with Crippen molar-refractivity contribution >= 4 is 11.9 Å². The Morgan fingerprint density at radius 2 is 1.80 bits per heavy atom. The SMILES string of the molecule is [2H]c1c([2H])c([2H])c(C([2H])([2H])N2CC3(CC(OC(=O)N4[C@H](C)CN(c5cnc(C(F)(F)F)cn5)C[C@@H]4C)C3)C2)c([2H])c1[2H]. The number of likely N-dealkylation sites (tertiary alicyclic amines) is 1. The van der Waals surface area contributed by atoms with Crippen LogP contribution in [0.3, 0.4) is 0 Å². The summed E-state index contributed by atoms with van der Waals surface area (Å²) in [6, 6.07) is -3.52. The van der Waals surface area contributed by atoms with Gasteiger partial charge in [-0.3, -0.25) is 9.80 Å². The Morgan fingerprint density at radius 3 is 2.37 bits per heavy atom. The van der Waals surface area contributed by atoms with E-state index in [4.69, 9.17) is 14.3 Å². The van der Waals surface area contributed by atoms with Crippen LogP contribution in [0.1, 0.15) is 47.5 Å². The molecule has 5 rings (SSSR count). The fourth-order valence-corrected chi connectivity index (χ4v) is 5.26. The maximum absolute atomic E-state index is 13.1. The number of alkyl halides is 3. The van der Waals surface area contributed by atoms with E-state index in [0.717, 1.165) is 6.20 Å². The fraction of sp³-hybridized carbons (Fsp3) is 0.560. The molecule has 0 N–H and O–H groups in total. The van der Waals surface area contributed by atoms with Gasteiger partial charge in [-0.05, 0) is 32.3 Å². The van der Waals surface area contributed by atoms with Gasteiger partial charge in [-0.2, -0.15) is 13.2 Å². The third-order valence-corrected chi connectivity index (χ3v) is 6.79. The Hall–Kier alpha value is -2.88. The average Bonchev–Trinajstić information content (AvgIpc) is 2.85. The van der Waals surface area contributed by atoms with Crippen molar-refractivity contribution in [3.05, 3.63) is 53.9 Å². The number of carbonyl (C=O) groups excluding carboxylic acids is 1. The van der Waals surface area contributed by atoms with Crippen LogP contribution in [0.4, 0.5) is 23.8 Å². The molecule has 1 aromatic heterocycles. The van der Waals surface area contributed by atoms with Crippen molar-refractivity contribution in [3.63, 3.8) is 0 Å². The molecule has 1 aromatic carbocycles. The molecule has 188 valence electrons. The highest BCUT2D eigenvalue weighted by Crippen LogP contribution is 2.50. The molecule has 35 heavy (non-hydrogen) atoms. The Bertz CT molecular complexity index is 1340. The van der Waals surface area contributed by atoms with E-state index >= 15 is 0 Å². The van der Waals surface area contributed by atoms with Crippen LogP contribution >= 0.6 is 0 Å². The van der Waals surface area contributed by atoms with Crippen LogP contribution < -0.4 is 4.90 Å². The summed E-state index contributed by atoms with van der Waals surface area (Å²) in [7, 11) is 0. The molecule has 1 amide bonds. The molecule has 0 unspecified atom stereocenters. The molecular formula is C25H30F3N5O2. The number of amides is 1. The van der Waals surface area contributed by atoms with Gasteiger partial charge >= 0.3 is 12.3 Å². The fourth-order valence-electron chi connectivity index (χ4n) is 5.26. The second-order valence-electron chi connectivity index (χ2n) is 9.65. The van der Waals surface area contributed by atoms with Gasteiger partial charge in [0.25, 0.3) is 0 Å². The quantitative estimate of drug-likeness (QED) is 0.633. The standard InChI is InChI=1S/C25H30F3N5O2/c1-17-12-32(22-11-29-21(10-30-22)25(26,27)28)13-18(2)33(17)23(34)35-20-8-24(9-20)15-31(16-24)14-19-6-4-3-5-7-19/h3-7,10-11,17-18,20H,8-9,12-16H2,1-2H3/t17-,18+/i3D,4D,5D,6D,7D,14D2. The van der Waals surface area contributed by atoms with Crippen molar-refractivity contribution in [2.75, 3.05) is 31.1 Å². The molecule has 1 spiro atoms. The van der Waals surface area contributed by atoms with E-state index in [1.807, 2.05) is 13.8 Å². The zero-order valence-electron chi connectivity index (χ0n) is 26.3.